The third-order valence-electron chi connectivity index (χ3n) is 2.56. The molecule has 0 amide bonds. The molecule has 58 valence electrons. The molecule has 0 aromatic heterocycles. The number of allylic oxidation sites excluding steroid dienone is 6. The number of hydrogen-bond donors (Lipinski definition) is 1. The molecule has 0 fully saturated rings. The summed E-state index contributed by atoms with van der Waals surface area (Å²) in [6, 6.07) is 0. The first-order chi connectivity index (χ1) is 5.75. The average Bonchev–Trinajstić information content (AvgIpc) is 2.55. The lowest BCUT2D eigenvalue weighted by atomic mass is 10.0. The van der Waals surface area contributed by atoms with Gasteiger partial charge in [-0.2, -0.15) is 0 Å². The lowest BCUT2D eigenvalue weighted by Gasteiger charge is -2.03. The smallest absolute Gasteiger partial charge is 0.104 e. The summed E-state index contributed by atoms with van der Waals surface area (Å²) in [4.78, 5) is 0.519. The molecule has 0 radical (unpaired) electrons. The molecule has 2 N–H and O–H groups in total. The zero-order chi connectivity index (χ0) is 8.29. The van der Waals surface area contributed by atoms with E-state index in [2.05, 4.69) is 18.2 Å². The molecule has 0 heterocycles. The summed E-state index contributed by atoms with van der Waals surface area (Å²) in [6.45, 7) is 0. The Kier molecular flexibility index (Phi) is 0.943. The minimum Gasteiger partial charge on any atom is -0.389 e. The summed E-state index contributed by atoms with van der Waals surface area (Å²) in [7, 11) is 0. The van der Waals surface area contributed by atoms with Gasteiger partial charge in [0.25, 0.3) is 0 Å². The van der Waals surface area contributed by atoms with Crippen LogP contribution < -0.4 is 5.73 Å². The van der Waals surface area contributed by atoms with Gasteiger partial charge in [-0.15, -0.1) is 0 Å². The van der Waals surface area contributed by atoms with Crippen molar-refractivity contribution in [2.75, 3.05) is 0 Å². The summed E-state index contributed by atoms with van der Waals surface area (Å²) in [5, 5.41) is 0. The fourth-order valence-corrected chi connectivity index (χ4v) is 2.23. The maximum absolute atomic E-state index is 5.61. The van der Waals surface area contributed by atoms with Crippen LogP contribution in [0.1, 0.15) is 6.42 Å². The first-order valence-corrected chi connectivity index (χ1v) is 4.34. The quantitative estimate of drug-likeness (QED) is 0.612. The minimum absolute atomic E-state index is 0.519. The third kappa shape index (κ3) is 0.573. The second-order valence-corrected chi connectivity index (χ2v) is 3.76. The van der Waals surface area contributed by atoms with Crippen molar-refractivity contribution in [3.05, 3.63) is 46.1 Å². The van der Waals surface area contributed by atoms with E-state index in [4.69, 9.17) is 18.0 Å². The second-order valence-electron chi connectivity index (χ2n) is 3.32. The zero-order valence-electron chi connectivity index (χ0n) is 6.42. The maximum atomic E-state index is 5.61. The Hall–Kier alpha value is -1.15. The topological polar surface area (TPSA) is 26.0 Å². The summed E-state index contributed by atoms with van der Waals surface area (Å²) < 4.78 is 0. The van der Waals surface area contributed by atoms with Crippen molar-refractivity contribution < 1.29 is 0 Å². The van der Waals surface area contributed by atoms with Crippen LogP contribution in [0.4, 0.5) is 0 Å². The highest BCUT2D eigenvalue weighted by atomic mass is 32.1. The van der Waals surface area contributed by atoms with Gasteiger partial charge in [0, 0.05) is 5.57 Å². The van der Waals surface area contributed by atoms with Gasteiger partial charge in [0.2, 0.25) is 0 Å². The van der Waals surface area contributed by atoms with Crippen LogP contribution >= 0.6 is 12.2 Å². The monoisotopic (exact) mass is 173 g/mol. The van der Waals surface area contributed by atoms with Crippen LogP contribution in [0.25, 0.3) is 0 Å². The predicted octanol–water partition coefficient (Wildman–Crippen LogP) is 1.78. The van der Waals surface area contributed by atoms with E-state index < -0.39 is 0 Å². The highest BCUT2D eigenvalue weighted by molar-refractivity contribution is 7.80. The van der Waals surface area contributed by atoms with Crippen LogP contribution in [0.3, 0.4) is 0 Å². The number of rotatable bonds is 1. The normalized spacial score (nSPS) is 22.8. The van der Waals surface area contributed by atoms with E-state index in [0.29, 0.717) is 4.99 Å². The number of nitrogens with two attached hydrogens (primary N) is 1. The Labute approximate surface area is 75.9 Å². The molecule has 0 saturated carbocycles. The lowest BCUT2D eigenvalue weighted by Crippen LogP contribution is -2.11. The third-order valence-corrected chi connectivity index (χ3v) is 2.78. The molecule has 12 heavy (non-hydrogen) atoms. The SMILES string of the molecule is NC(=S)C1=CC2=C3C=C(C=C13)C2. The summed E-state index contributed by atoms with van der Waals surface area (Å²) in [6.07, 6.45) is 7.62. The maximum Gasteiger partial charge on any atom is 0.104 e. The van der Waals surface area contributed by atoms with Gasteiger partial charge in [0.15, 0.2) is 0 Å². The van der Waals surface area contributed by atoms with E-state index in [1.54, 1.807) is 0 Å². The van der Waals surface area contributed by atoms with E-state index in [1.807, 2.05) is 0 Å². The van der Waals surface area contributed by atoms with Crippen molar-refractivity contribution in [1.82, 2.24) is 0 Å². The Balaban J connectivity index is 2.19. The van der Waals surface area contributed by atoms with Crippen molar-refractivity contribution in [2.45, 2.75) is 6.42 Å². The van der Waals surface area contributed by atoms with Crippen LogP contribution in [-0.2, 0) is 0 Å². The van der Waals surface area contributed by atoms with Gasteiger partial charge in [-0.05, 0) is 34.8 Å². The second kappa shape index (κ2) is 1.77. The Morgan fingerprint density at radius 3 is 2.75 bits per heavy atom. The molecule has 0 aliphatic heterocycles. The van der Waals surface area contributed by atoms with Crippen molar-refractivity contribution >= 4 is 17.2 Å². The first-order valence-electron chi connectivity index (χ1n) is 3.93. The van der Waals surface area contributed by atoms with E-state index in [0.717, 1.165) is 12.0 Å². The van der Waals surface area contributed by atoms with Crippen LogP contribution in [-0.4, -0.2) is 4.99 Å². The van der Waals surface area contributed by atoms with Gasteiger partial charge in [0.1, 0.15) is 4.99 Å². The molecule has 3 aliphatic carbocycles. The highest BCUT2D eigenvalue weighted by Crippen LogP contribution is 2.46. The van der Waals surface area contributed by atoms with E-state index in [1.165, 1.54) is 22.3 Å². The lowest BCUT2D eigenvalue weighted by molar-refractivity contribution is 1.24. The molecule has 0 aromatic rings. The zero-order valence-corrected chi connectivity index (χ0v) is 7.24. The number of thiocarbonyl (C=S) groups is 1. The van der Waals surface area contributed by atoms with Gasteiger partial charge in [-0.25, -0.2) is 0 Å². The molecular weight excluding hydrogens is 166 g/mol. The van der Waals surface area contributed by atoms with Gasteiger partial charge in [-0.3, -0.25) is 0 Å². The molecule has 0 saturated heterocycles. The van der Waals surface area contributed by atoms with Gasteiger partial charge in [0.05, 0.1) is 0 Å². The van der Waals surface area contributed by atoms with Crippen LogP contribution in [0, 0.1) is 0 Å². The van der Waals surface area contributed by atoms with Crippen molar-refractivity contribution in [2.24, 2.45) is 5.73 Å². The molecule has 0 atom stereocenters. The molecule has 0 spiro atoms. The molecule has 2 heteroatoms. The molecule has 3 aliphatic rings. The van der Waals surface area contributed by atoms with Crippen LogP contribution in [0.2, 0.25) is 0 Å². The number of hydrogen-bond acceptors (Lipinski definition) is 1. The van der Waals surface area contributed by atoms with E-state index in [9.17, 15) is 0 Å². The standard InChI is InChI=1S/C10H7NS/c11-10(12)9-4-6-1-5-2-7(6)8(9)3-5/h2-4H,1H2,(H2,11,12). The van der Waals surface area contributed by atoms with Crippen LogP contribution in [0.5, 0.6) is 0 Å². The molecule has 1 nitrogen and oxygen atoms in total. The Morgan fingerprint density at radius 1 is 1.33 bits per heavy atom. The van der Waals surface area contributed by atoms with Crippen molar-refractivity contribution in [1.29, 1.82) is 0 Å². The fourth-order valence-electron chi connectivity index (χ4n) is 2.06. The highest BCUT2D eigenvalue weighted by Gasteiger charge is 2.30. The van der Waals surface area contributed by atoms with Crippen molar-refractivity contribution in [3.8, 4) is 0 Å². The molecular formula is C10H7NS. The van der Waals surface area contributed by atoms with Gasteiger partial charge >= 0.3 is 0 Å². The molecule has 2 bridgehead atoms. The first kappa shape index (κ1) is 6.38. The van der Waals surface area contributed by atoms with Gasteiger partial charge < -0.3 is 5.73 Å². The minimum atomic E-state index is 0.519. The Morgan fingerprint density at radius 2 is 2.17 bits per heavy atom. The largest absolute Gasteiger partial charge is 0.389 e. The predicted molar refractivity (Wildman–Crippen MR) is 52.7 cm³/mol. The molecule has 0 aromatic carbocycles. The van der Waals surface area contributed by atoms with Gasteiger partial charge in [-0.1, -0.05) is 24.4 Å². The fraction of sp³-hybridized carbons (Fsp3) is 0.100. The van der Waals surface area contributed by atoms with Crippen molar-refractivity contribution in [3.63, 3.8) is 0 Å². The summed E-state index contributed by atoms with van der Waals surface area (Å²) in [5.41, 5.74) is 12.1. The average molecular weight is 173 g/mol. The van der Waals surface area contributed by atoms with E-state index in [-0.39, 0.29) is 0 Å². The summed E-state index contributed by atoms with van der Waals surface area (Å²) >= 11 is 4.97. The molecule has 3 rings (SSSR count). The Bertz CT molecular complexity index is 433. The summed E-state index contributed by atoms with van der Waals surface area (Å²) in [5.74, 6) is 0. The van der Waals surface area contributed by atoms with E-state index >= 15 is 0 Å². The van der Waals surface area contributed by atoms with Crippen LogP contribution in [0.15, 0.2) is 46.1 Å². The molecule has 0 unspecified atom stereocenters.